The van der Waals surface area contributed by atoms with Crippen molar-refractivity contribution in [1.82, 2.24) is 9.80 Å². The van der Waals surface area contributed by atoms with Gasteiger partial charge in [0.15, 0.2) is 0 Å². The first-order valence-corrected chi connectivity index (χ1v) is 9.71. The van der Waals surface area contributed by atoms with E-state index in [1.807, 2.05) is 14.1 Å². The number of hydrogen-bond donors (Lipinski definition) is 1. The van der Waals surface area contributed by atoms with Crippen molar-refractivity contribution >= 4 is 11.6 Å². The molecular weight excluding hydrogens is 339 g/mol. The molecule has 0 atom stereocenters. The van der Waals surface area contributed by atoms with Gasteiger partial charge in [0.1, 0.15) is 5.82 Å². The van der Waals surface area contributed by atoms with Gasteiger partial charge in [0.2, 0.25) is 0 Å². The Hall–Kier alpha value is -0.680. The molecule has 5 heteroatoms. The molecule has 0 aromatic heterocycles. The average Bonchev–Trinajstić information content (AvgIpc) is 2.55. The number of nitrogens with zero attached hydrogens (tertiary/aromatic N) is 2. The highest BCUT2D eigenvalue weighted by atomic mass is 35.5. The number of piperidine rings is 1. The van der Waals surface area contributed by atoms with Crippen LogP contribution in [0, 0.1) is 11.2 Å². The van der Waals surface area contributed by atoms with Gasteiger partial charge in [0, 0.05) is 23.7 Å². The molecule has 1 saturated carbocycles. The molecule has 2 fully saturated rings. The van der Waals surface area contributed by atoms with Crippen molar-refractivity contribution in [3.63, 3.8) is 0 Å². The normalized spacial score (nSPS) is 23.3. The molecule has 1 aromatic rings. The van der Waals surface area contributed by atoms with Crippen molar-refractivity contribution in [2.45, 2.75) is 50.7 Å². The minimum absolute atomic E-state index is 0.209. The van der Waals surface area contributed by atoms with Crippen LogP contribution in [-0.2, 0) is 6.54 Å². The Labute approximate surface area is 155 Å². The van der Waals surface area contributed by atoms with E-state index >= 15 is 0 Å². The molecule has 0 radical (unpaired) electrons. The molecular formula is C20H30ClFN2O. The number of halogens is 2. The van der Waals surface area contributed by atoms with Crippen molar-refractivity contribution in [2.24, 2.45) is 5.41 Å². The van der Waals surface area contributed by atoms with Crippen LogP contribution in [0.4, 0.5) is 4.39 Å². The Morgan fingerprint density at radius 1 is 1.12 bits per heavy atom. The summed E-state index contributed by atoms with van der Waals surface area (Å²) in [5, 5.41) is 11.2. The Morgan fingerprint density at radius 3 is 2.32 bits per heavy atom. The Morgan fingerprint density at radius 2 is 1.76 bits per heavy atom. The lowest BCUT2D eigenvalue weighted by atomic mass is 9.64. The third kappa shape index (κ3) is 4.73. The number of likely N-dealkylation sites (tertiary alicyclic amines) is 1. The van der Waals surface area contributed by atoms with Crippen LogP contribution in [0.15, 0.2) is 18.2 Å². The van der Waals surface area contributed by atoms with Gasteiger partial charge in [-0.25, -0.2) is 4.39 Å². The lowest BCUT2D eigenvalue weighted by Gasteiger charge is -2.49. The summed E-state index contributed by atoms with van der Waals surface area (Å²) in [5.74, 6) is -0.209. The van der Waals surface area contributed by atoms with Gasteiger partial charge >= 0.3 is 0 Å². The maximum atomic E-state index is 14.0. The summed E-state index contributed by atoms with van der Waals surface area (Å²) < 4.78 is 14.0. The van der Waals surface area contributed by atoms with Crippen LogP contribution in [0.1, 0.15) is 44.1 Å². The van der Waals surface area contributed by atoms with Crippen molar-refractivity contribution in [3.8, 4) is 0 Å². The summed E-state index contributed by atoms with van der Waals surface area (Å²) in [7, 11) is 4.05. The predicted molar refractivity (Wildman–Crippen MR) is 100 cm³/mol. The van der Waals surface area contributed by atoms with E-state index in [0.29, 0.717) is 17.0 Å². The number of aliphatic hydroxyl groups is 1. The fraction of sp³-hybridized carbons (Fsp3) is 0.700. The van der Waals surface area contributed by atoms with E-state index in [9.17, 15) is 9.50 Å². The summed E-state index contributed by atoms with van der Waals surface area (Å²) in [6.45, 7) is 3.43. The third-order valence-corrected chi connectivity index (χ3v) is 6.41. The molecule has 1 N–H and O–H groups in total. The largest absolute Gasteiger partial charge is 0.389 e. The molecule has 1 aliphatic heterocycles. The molecule has 0 bridgehead atoms. The van der Waals surface area contributed by atoms with Crippen LogP contribution in [0.3, 0.4) is 0 Å². The van der Waals surface area contributed by atoms with Gasteiger partial charge in [0.25, 0.3) is 0 Å². The second-order valence-corrected chi connectivity index (χ2v) is 8.91. The molecule has 2 aliphatic rings. The van der Waals surface area contributed by atoms with Gasteiger partial charge in [-0.15, -0.1) is 0 Å². The van der Waals surface area contributed by atoms with Crippen LogP contribution in [0.2, 0.25) is 5.02 Å². The summed E-state index contributed by atoms with van der Waals surface area (Å²) in [5.41, 5.74) is 0.593. The van der Waals surface area contributed by atoms with Gasteiger partial charge in [-0.1, -0.05) is 17.7 Å². The number of rotatable bonds is 4. The molecule has 1 aliphatic carbocycles. The monoisotopic (exact) mass is 368 g/mol. The number of likely N-dealkylation sites (N-methyl/N-ethyl adjacent to an activating group) is 1. The van der Waals surface area contributed by atoms with Gasteiger partial charge in [-0.2, -0.15) is 0 Å². The first-order valence-electron chi connectivity index (χ1n) is 9.33. The molecule has 1 aromatic carbocycles. The van der Waals surface area contributed by atoms with Gasteiger partial charge < -0.3 is 10.0 Å². The van der Waals surface area contributed by atoms with Gasteiger partial charge in [-0.05, 0) is 83.3 Å². The highest BCUT2D eigenvalue weighted by Crippen LogP contribution is 2.47. The maximum absolute atomic E-state index is 14.0. The minimum atomic E-state index is -0.516. The van der Waals surface area contributed by atoms with Crippen LogP contribution in [-0.4, -0.2) is 54.2 Å². The van der Waals surface area contributed by atoms with Crippen molar-refractivity contribution < 1.29 is 9.50 Å². The van der Waals surface area contributed by atoms with Crippen LogP contribution in [0.25, 0.3) is 0 Å². The third-order valence-electron chi connectivity index (χ3n) is 6.18. The lowest BCUT2D eigenvalue weighted by Crippen LogP contribution is -2.48. The number of benzene rings is 1. The molecule has 3 nitrogen and oxygen atoms in total. The van der Waals surface area contributed by atoms with E-state index in [2.05, 4.69) is 9.80 Å². The molecule has 140 valence electrons. The molecule has 1 heterocycles. The van der Waals surface area contributed by atoms with Crippen molar-refractivity contribution in [2.75, 3.05) is 33.7 Å². The first-order chi connectivity index (χ1) is 11.8. The predicted octanol–water partition coefficient (Wildman–Crippen LogP) is 3.93. The summed E-state index contributed by atoms with van der Waals surface area (Å²) in [6, 6.07) is 4.96. The van der Waals surface area contributed by atoms with Crippen molar-refractivity contribution in [3.05, 3.63) is 34.6 Å². The zero-order chi connectivity index (χ0) is 18.1. The van der Waals surface area contributed by atoms with E-state index in [1.165, 1.54) is 6.07 Å². The highest BCUT2D eigenvalue weighted by molar-refractivity contribution is 6.30. The van der Waals surface area contributed by atoms with Crippen LogP contribution in [0.5, 0.6) is 0 Å². The smallest absolute Gasteiger partial charge is 0.129 e. The summed E-state index contributed by atoms with van der Waals surface area (Å²) in [6.07, 6.45) is 6.33. The number of hydrogen-bond acceptors (Lipinski definition) is 3. The molecule has 0 unspecified atom stereocenters. The SMILES string of the molecule is CN(C)CC1(O)CCC2(CCN(Cc3ccc(Cl)cc3F)CC2)CC1. The van der Waals surface area contributed by atoms with Crippen LogP contribution >= 0.6 is 11.6 Å². The highest BCUT2D eigenvalue weighted by Gasteiger charge is 2.43. The fourth-order valence-electron chi connectivity index (χ4n) is 4.57. The summed E-state index contributed by atoms with van der Waals surface area (Å²) >= 11 is 5.83. The molecule has 25 heavy (non-hydrogen) atoms. The Bertz CT molecular complexity index is 589. The van der Waals surface area contributed by atoms with E-state index < -0.39 is 5.60 Å². The van der Waals surface area contributed by atoms with E-state index in [4.69, 9.17) is 11.6 Å². The molecule has 1 spiro atoms. The molecule has 0 amide bonds. The quantitative estimate of drug-likeness (QED) is 0.872. The first kappa shape index (κ1) is 19.1. The Kier molecular flexibility index (Phi) is 5.74. The second kappa shape index (κ2) is 7.51. The molecule has 3 rings (SSSR count). The lowest BCUT2D eigenvalue weighted by molar-refractivity contribution is -0.0639. The zero-order valence-electron chi connectivity index (χ0n) is 15.4. The minimum Gasteiger partial charge on any atom is -0.389 e. The van der Waals surface area contributed by atoms with E-state index in [-0.39, 0.29) is 5.82 Å². The van der Waals surface area contributed by atoms with Crippen molar-refractivity contribution in [1.29, 1.82) is 0 Å². The van der Waals surface area contributed by atoms with E-state index in [0.717, 1.165) is 63.7 Å². The fourth-order valence-corrected chi connectivity index (χ4v) is 4.73. The van der Waals surface area contributed by atoms with Gasteiger partial charge in [-0.3, -0.25) is 4.90 Å². The average molecular weight is 369 g/mol. The molecule has 1 saturated heterocycles. The topological polar surface area (TPSA) is 26.7 Å². The second-order valence-electron chi connectivity index (χ2n) is 8.47. The summed E-state index contributed by atoms with van der Waals surface area (Å²) in [4.78, 5) is 4.43. The van der Waals surface area contributed by atoms with Crippen LogP contribution < -0.4 is 0 Å². The standard InChI is InChI=1S/C20H30ClFN2O/c1-23(2)15-20(25)7-5-19(6-8-20)9-11-24(12-10-19)14-16-3-4-17(21)13-18(16)22/h3-4,13,25H,5-12,14-15H2,1-2H3. The zero-order valence-corrected chi connectivity index (χ0v) is 16.2. The van der Waals surface area contributed by atoms with E-state index in [1.54, 1.807) is 12.1 Å². The maximum Gasteiger partial charge on any atom is 0.129 e. The van der Waals surface area contributed by atoms with Gasteiger partial charge in [0.05, 0.1) is 5.60 Å². The Balaban J connectivity index is 1.52.